The Balaban J connectivity index is 2.11. The van der Waals surface area contributed by atoms with Crippen LogP contribution < -0.4 is 5.32 Å². The Hall–Kier alpha value is -0.920. The molecule has 1 saturated carbocycles. The summed E-state index contributed by atoms with van der Waals surface area (Å²) in [6, 6.07) is 5.46. The topological polar surface area (TPSA) is 49.3 Å². The molecule has 1 fully saturated rings. The van der Waals surface area contributed by atoms with Crippen LogP contribution in [-0.2, 0) is 17.3 Å². The summed E-state index contributed by atoms with van der Waals surface area (Å²) >= 11 is -1.79. The summed E-state index contributed by atoms with van der Waals surface area (Å²) in [4.78, 5) is 0. The van der Waals surface area contributed by atoms with Gasteiger partial charge >= 0.3 is 6.18 Å². The van der Waals surface area contributed by atoms with Gasteiger partial charge in [0.1, 0.15) is 0 Å². The molecule has 142 valence electrons. The molecule has 2 unspecified atom stereocenters. The Labute approximate surface area is 149 Å². The fourth-order valence-electron chi connectivity index (χ4n) is 3.76. The average molecular weight is 377 g/mol. The molecule has 0 radical (unpaired) electrons. The smallest absolute Gasteiger partial charge is 0.311 e. The first-order valence-electron chi connectivity index (χ1n) is 8.74. The first kappa shape index (κ1) is 20.4. The van der Waals surface area contributed by atoms with Gasteiger partial charge in [-0.25, -0.2) is 4.21 Å². The van der Waals surface area contributed by atoms with Crippen LogP contribution >= 0.6 is 0 Å². The molecule has 3 nitrogen and oxygen atoms in total. The van der Waals surface area contributed by atoms with E-state index in [4.69, 9.17) is 4.55 Å². The molecule has 25 heavy (non-hydrogen) atoms. The van der Waals surface area contributed by atoms with Gasteiger partial charge in [-0.05, 0) is 49.4 Å². The summed E-state index contributed by atoms with van der Waals surface area (Å²) in [6.07, 6.45) is 1.57. The summed E-state index contributed by atoms with van der Waals surface area (Å²) < 4.78 is 58.0. The Morgan fingerprint density at radius 2 is 1.80 bits per heavy atom. The molecule has 7 heteroatoms. The van der Waals surface area contributed by atoms with Crippen LogP contribution in [0.5, 0.6) is 0 Å². The minimum Gasteiger partial charge on any atom is -0.311 e. The summed E-state index contributed by atoms with van der Waals surface area (Å²) in [5.41, 5.74) is 0.113. The second kappa shape index (κ2) is 8.64. The van der Waals surface area contributed by atoms with Crippen LogP contribution in [0, 0.1) is 0 Å². The molecule has 2 atom stereocenters. The monoisotopic (exact) mass is 377 g/mol. The minimum absolute atomic E-state index is 0.0784. The molecular weight excluding hydrogens is 351 g/mol. The molecule has 0 aromatic heterocycles. The lowest BCUT2D eigenvalue weighted by Gasteiger charge is -2.44. The predicted octanol–water partition coefficient (Wildman–Crippen LogP) is 4.71. The second-order valence-corrected chi connectivity index (χ2v) is 7.92. The summed E-state index contributed by atoms with van der Waals surface area (Å²) in [7, 11) is 0. The van der Waals surface area contributed by atoms with E-state index in [1.807, 2.05) is 0 Å². The molecule has 0 spiro atoms. The third-order valence-electron chi connectivity index (χ3n) is 5.29. The molecule has 0 heterocycles. The Bertz CT molecular complexity index is 569. The molecule has 0 aliphatic heterocycles. The molecule has 0 saturated heterocycles. The maximum atomic E-state index is 12.8. The van der Waals surface area contributed by atoms with Crippen molar-refractivity contribution in [1.29, 1.82) is 0 Å². The fraction of sp³-hybridized carbons (Fsp3) is 0.667. The average Bonchev–Trinajstić information content (AvgIpc) is 2.58. The van der Waals surface area contributed by atoms with Crippen molar-refractivity contribution in [3.63, 3.8) is 0 Å². The van der Waals surface area contributed by atoms with E-state index in [9.17, 15) is 17.4 Å². The SMILES string of the molecule is CC(c1ccc(C(F)(F)F)cc1)C1(NCCCS(=O)O)CCCCC1. The van der Waals surface area contributed by atoms with E-state index >= 15 is 0 Å². The molecular formula is C18H26F3NO2S. The van der Waals surface area contributed by atoms with Gasteiger partial charge < -0.3 is 9.87 Å². The third-order valence-corrected chi connectivity index (χ3v) is 5.92. The normalized spacial score (nSPS) is 20.2. The van der Waals surface area contributed by atoms with E-state index in [0.717, 1.165) is 43.4 Å². The highest BCUT2D eigenvalue weighted by molar-refractivity contribution is 7.79. The zero-order valence-corrected chi connectivity index (χ0v) is 15.3. The van der Waals surface area contributed by atoms with Gasteiger partial charge in [0.15, 0.2) is 11.1 Å². The van der Waals surface area contributed by atoms with Crippen molar-refractivity contribution in [1.82, 2.24) is 5.32 Å². The summed E-state index contributed by atoms with van der Waals surface area (Å²) in [5, 5.41) is 3.57. The molecule has 0 amide bonds. The Kier molecular flexibility index (Phi) is 7.05. The van der Waals surface area contributed by atoms with Crippen LogP contribution in [0.4, 0.5) is 13.2 Å². The van der Waals surface area contributed by atoms with E-state index in [0.29, 0.717) is 13.0 Å². The van der Waals surface area contributed by atoms with Gasteiger partial charge in [0, 0.05) is 5.54 Å². The standard InChI is InChI=1S/C18H26F3NO2S/c1-14(15-6-8-16(9-7-15)18(19,20)21)17(10-3-2-4-11-17)22-12-5-13-25(23)24/h6-9,14,22H,2-5,10-13H2,1H3,(H,23,24). The Morgan fingerprint density at radius 3 is 2.32 bits per heavy atom. The van der Waals surface area contributed by atoms with Crippen molar-refractivity contribution in [3.8, 4) is 0 Å². The van der Waals surface area contributed by atoms with Crippen LogP contribution in [0.15, 0.2) is 24.3 Å². The first-order valence-corrected chi connectivity index (χ1v) is 10.0. The lowest BCUT2D eigenvalue weighted by atomic mass is 9.70. The molecule has 2 N–H and O–H groups in total. The van der Waals surface area contributed by atoms with Crippen molar-refractivity contribution in [3.05, 3.63) is 35.4 Å². The summed E-state index contributed by atoms with van der Waals surface area (Å²) in [6.45, 7) is 2.70. The zero-order valence-electron chi connectivity index (χ0n) is 14.4. The number of nitrogens with one attached hydrogen (secondary N) is 1. The van der Waals surface area contributed by atoms with E-state index in [1.54, 1.807) is 12.1 Å². The van der Waals surface area contributed by atoms with Crippen LogP contribution in [-0.4, -0.2) is 26.6 Å². The van der Waals surface area contributed by atoms with Crippen molar-refractivity contribution in [2.45, 2.75) is 63.1 Å². The maximum absolute atomic E-state index is 12.8. The highest BCUT2D eigenvalue weighted by Crippen LogP contribution is 2.40. The molecule has 1 aliphatic rings. The van der Waals surface area contributed by atoms with Gasteiger partial charge in [-0.15, -0.1) is 0 Å². The molecule has 0 bridgehead atoms. The van der Waals surface area contributed by atoms with Crippen molar-refractivity contribution in [2.75, 3.05) is 12.3 Å². The van der Waals surface area contributed by atoms with Gasteiger partial charge in [-0.1, -0.05) is 38.3 Å². The number of rotatable bonds is 7. The number of hydrogen-bond acceptors (Lipinski definition) is 2. The number of alkyl halides is 3. The number of halogens is 3. The van der Waals surface area contributed by atoms with Crippen LogP contribution in [0.1, 0.15) is 62.5 Å². The van der Waals surface area contributed by atoms with Gasteiger partial charge in [-0.2, -0.15) is 13.2 Å². The lowest BCUT2D eigenvalue weighted by molar-refractivity contribution is -0.137. The van der Waals surface area contributed by atoms with E-state index in [1.165, 1.54) is 6.42 Å². The van der Waals surface area contributed by atoms with Crippen LogP contribution in [0.3, 0.4) is 0 Å². The van der Waals surface area contributed by atoms with E-state index < -0.39 is 22.8 Å². The fourth-order valence-corrected chi connectivity index (χ4v) is 4.15. The predicted molar refractivity (Wildman–Crippen MR) is 93.9 cm³/mol. The largest absolute Gasteiger partial charge is 0.416 e. The maximum Gasteiger partial charge on any atom is 0.416 e. The van der Waals surface area contributed by atoms with Gasteiger partial charge in [0.2, 0.25) is 0 Å². The van der Waals surface area contributed by atoms with Gasteiger partial charge in [0.05, 0.1) is 11.3 Å². The molecule has 1 aromatic rings. The van der Waals surface area contributed by atoms with Gasteiger partial charge in [0.25, 0.3) is 0 Å². The van der Waals surface area contributed by atoms with Crippen LogP contribution in [0.25, 0.3) is 0 Å². The Morgan fingerprint density at radius 1 is 1.20 bits per heavy atom. The van der Waals surface area contributed by atoms with E-state index in [2.05, 4.69) is 12.2 Å². The van der Waals surface area contributed by atoms with E-state index in [-0.39, 0.29) is 17.2 Å². The van der Waals surface area contributed by atoms with Gasteiger partial charge in [-0.3, -0.25) is 0 Å². The van der Waals surface area contributed by atoms with Crippen molar-refractivity contribution < 1.29 is 21.9 Å². The number of benzene rings is 1. The first-order chi connectivity index (χ1) is 11.7. The minimum atomic E-state index is -4.32. The van der Waals surface area contributed by atoms with Crippen LogP contribution in [0.2, 0.25) is 0 Å². The van der Waals surface area contributed by atoms with Crippen molar-refractivity contribution in [2.24, 2.45) is 0 Å². The third kappa shape index (κ3) is 5.53. The molecule has 1 aromatic carbocycles. The zero-order chi connectivity index (χ0) is 18.5. The summed E-state index contributed by atoms with van der Waals surface area (Å²) in [5.74, 6) is 0.312. The second-order valence-electron chi connectivity index (χ2n) is 6.86. The molecule has 1 aliphatic carbocycles. The number of hydrogen-bond donors (Lipinski definition) is 2. The van der Waals surface area contributed by atoms with Crippen molar-refractivity contribution >= 4 is 11.1 Å². The highest BCUT2D eigenvalue weighted by atomic mass is 32.2. The quantitative estimate of drug-likeness (QED) is 0.534. The lowest BCUT2D eigenvalue weighted by Crippen LogP contribution is -2.51. The highest BCUT2D eigenvalue weighted by Gasteiger charge is 2.38. The molecule has 2 rings (SSSR count).